The largest absolute Gasteiger partial charge is 0.491 e. The van der Waals surface area contributed by atoms with Crippen molar-refractivity contribution < 1.29 is 14.3 Å². The molecule has 4 heteroatoms. The Morgan fingerprint density at radius 3 is 2.37 bits per heavy atom. The third-order valence-corrected chi connectivity index (χ3v) is 4.46. The Morgan fingerprint density at radius 1 is 1.11 bits per heavy atom. The first-order valence-corrected chi connectivity index (χ1v) is 7.19. The van der Waals surface area contributed by atoms with Crippen molar-refractivity contribution in [2.24, 2.45) is 0 Å². The van der Waals surface area contributed by atoms with Crippen LogP contribution in [0.2, 0.25) is 0 Å². The summed E-state index contributed by atoms with van der Waals surface area (Å²) in [6.07, 6.45) is -0.371. The lowest BCUT2D eigenvalue weighted by Gasteiger charge is -2.51. The van der Waals surface area contributed by atoms with Crippen LogP contribution in [0.1, 0.15) is 0 Å². The highest BCUT2D eigenvalue weighted by atomic mass is 16.5. The second-order valence-electron chi connectivity index (χ2n) is 5.81. The molecule has 3 fully saturated rings. The molecule has 0 saturated carbocycles. The second kappa shape index (κ2) is 5.49. The van der Waals surface area contributed by atoms with Gasteiger partial charge in [0.05, 0.1) is 19.6 Å². The molecule has 1 aromatic carbocycles. The van der Waals surface area contributed by atoms with Crippen molar-refractivity contribution in [2.45, 2.75) is 6.10 Å². The van der Waals surface area contributed by atoms with E-state index in [0.29, 0.717) is 6.61 Å². The number of quaternary nitrogens is 1. The number of para-hydroxylation sites is 1. The van der Waals surface area contributed by atoms with Gasteiger partial charge in [0.15, 0.2) is 0 Å². The van der Waals surface area contributed by atoms with Gasteiger partial charge in [-0.1, -0.05) is 18.2 Å². The lowest BCUT2D eigenvalue weighted by atomic mass is 10.1. The number of fused-ring (bicyclic) bond motifs is 3. The Hall–Kier alpha value is -1.10. The molecular weight excluding hydrogens is 240 g/mol. The van der Waals surface area contributed by atoms with Crippen LogP contribution in [0.5, 0.6) is 5.75 Å². The predicted octanol–water partition coefficient (Wildman–Crippen LogP) is 0.572. The van der Waals surface area contributed by atoms with Crippen LogP contribution in [0, 0.1) is 0 Å². The van der Waals surface area contributed by atoms with E-state index in [1.807, 2.05) is 30.3 Å². The van der Waals surface area contributed by atoms with E-state index in [0.717, 1.165) is 16.8 Å². The first-order chi connectivity index (χ1) is 9.26. The first kappa shape index (κ1) is 12.9. The summed E-state index contributed by atoms with van der Waals surface area (Å²) in [4.78, 5) is 2.52. The first-order valence-electron chi connectivity index (χ1n) is 7.19. The van der Waals surface area contributed by atoms with E-state index in [4.69, 9.17) is 4.74 Å². The number of rotatable bonds is 5. The molecule has 1 aromatic rings. The standard InChI is InChI=1S/C15H23N2O2/c18-14(13-19-15-4-2-1-3-5-15)12-17-9-6-16(7-10-17)8-11-17/h1-5,14,18H,6-13H2/q+1. The van der Waals surface area contributed by atoms with Crippen LogP contribution >= 0.6 is 0 Å². The Bertz CT molecular complexity index is 388. The van der Waals surface area contributed by atoms with Crippen LogP contribution in [0.3, 0.4) is 0 Å². The molecule has 3 aliphatic heterocycles. The number of hydrogen-bond donors (Lipinski definition) is 1. The van der Waals surface area contributed by atoms with Gasteiger partial charge >= 0.3 is 0 Å². The summed E-state index contributed by atoms with van der Waals surface area (Å²) in [6, 6.07) is 9.73. The molecule has 1 N–H and O–H groups in total. The number of benzene rings is 1. The zero-order chi connectivity index (χ0) is 13.1. The van der Waals surface area contributed by atoms with Crippen molar-refractivity contribution in [3.05, 3.63) is 30.3 Å². The minimum atomic E-state index is -0.371. The Kier molecular flexibility index (Phi) is 3.73. The minimum Gasteiger partial charge on any atom is -0.491 e. The summed E-state index contributed by atoms with van der Waals surface area (Å²) in [7, 11) is 0. The second-order valence-corrected chi connectivity index (χ2v) is 5.81. The Morgan fingerprint density at radius 2 is 1.74 bits per heavy atom. The Balaban J connectivity index is 1.49. The van der Waals surface area contributed by atoms with Crippen LogP contribution in [-0.4, -0.2) is 73.0 Å². The third-order valence-electron chi connectivity index (χ3n) is 4.46. The lowest BCUT2D eigenvalue weighted by Crippen LogP contribution is -2.69. The summed E-state index contributed by atoms with van der Waals surface area (Å²) in [6.45, 7) is 8.34. The number of piperazine rings is 3. The number of hydrogen-bond acceptors (Lipinski definition) is 3. The van der Waals surface area contributed by atoms with Crippen molar-refractivity contribution in [1.29, 1.82) is 0 Å². The maximum atomic E-state index is 10.2. The van der Waals surface area contributed by atoms with Crippen molar-refractivity contribution in [2.75, 3.05) is 52.4 Å². The zero-order valence-electron chi connectivity index (χ0n) is 11.4. The lowest BCUT2D eigenvalue weighted by molar-refractivity contribution is -0.943. The molecule has 3 saturated heterocycles. The molecule has 0 aromatic heterocycles. The van der Waals surface area contributed by atoms with E-state index < -0.39 is 0 Å². The van der Waals surface area contributed by atoms with E-state index >= 15 is 0 Å². The molecule has 3 heterocycles. The normalized spacial score (nSPS) is 31.1. The molecule has 3 aliphatic rings. The monoisotopic (exact) mass is 263 g/mol. The SMILES string of the molecule is OC(COc1ccccc1)C[N+]12CCN(CC1)CC2. The van der Waals surface area contributed by atoms with E-state index in [9.17, 15) is 5.11 Å². The molecule has 1 atom stereocenters. The molecule has 19 heavy (non-hydrogen) atoms. The molecule has 2 bridgehead atoms. The fraction of sp³-hybridized carbons (Fsp3) is 0.600. The molecule has 0 aliphatic carbocycles. The van der Waals surface area contributed by atoms with Gasteiger partial charge in [0, 0.05) is 19.6 Å². The van der Waals surface area contributed by atoms with E-state index in [-0.39, 0.29) is 6.10 Å². The maximum absolute atomic E-state index is 10.2. The van der Waals surface area contributed by atoms with Crippen LogP contribution in [0.25, 0.3) is 0 Å². The minimum absolute atomic E-state index is 0.371. The number of ether oxygens (including phenoxy) is 1. The molecule has 4 nitrogen and oxygen atoms in total. The van der Waals surface area contributed by atoms with Crippen molar-refractivity contribution in [1.82, 2.24) is 4.90 Å². The van der Waals surface area contributed by atoms with E-state index in [1.165, 1.54) is 39.3 Å². The van der Waals surface area contributed by atoms with Gasteiger partial charge < -0.3 is 14.3 Å². The average Bonchev–Trinajstić information content (AvgIpc) is 2.48. The number of aliphatic hydroxyl groups excluding tert-OH is 1. The van der Waals surface area contributed by atoms with E-state index in [2.05, 4.69) is 4.90 Å². The topological polar surface area (TPSA) is 32.7 Å². The molecule has 0 radical (unpaired) electrons. The van der Waals surface area contributed by atoms with E-state index in [1.54, 1.807) is 0 Å². The summed E-state index contributed by atoms with van der Waals surface area (Å²) in [5.41, 5.74) is 0. The maximum Gasteiger partial charge on any atom is 0.137 e. The summed E-state index contributed by atoms with van der Waals surface area (Å²) in [5.74, 6) is 0.838. The van der Waals surface area contributed by atoms with Gasteiger partial charge in [-0.2, -0.15) is 0 Å². The van der Waals surface area contributed by atoms with Crippen LogP contribution in [-0.2, 0) is 0 Å². The van der Waals surface area contributed by atoms with Gasteiger partial charge in [-0.05, 0) is 12.1 Å². The van der Waals surface area contributed by atoms with Gasteiger partial charge in [-0.3, -0.25) is 4.90 Å². The fourth-order valence-corrected chi connectivity index (χ4v) is 3.21. The summed E-state index contributed by atoms with van der Waals surface area (Å²) in [5, 5.41) is 10.2. The van der Waals surface area contributed by atoms with Crippen molar-refractivity contribution in [3.8, 4) is 5.75 Å². The highest BCUT2D eigenvalue weighted by Crippen LogP contribution is 2.20. The third kappa shape index (κ3) is 3.08. The molecule has 4 rings (SSSR count). The highest BCUT2D eigenvalue weighted by Gasteiger charge is 2.39. The summed E-state index contributed by atoms with van der Waals surface area (Å²) < 4.78 is 6.72. The van der Waals surface area contributed by atoms with Crippen molar-refractivity contribution >= 4 is 0 Å². The van der Waals surface area contributed by atoms with Gasteiger partial charge in [0.25, 0.3) is 0 Å². The van der Waals surface area contributed by atoms with Crippen molar-refractivity contribution in [3.63, 3.8) is 0 Å². The predicted molar refractivity (Wildman–Crippen MR) is 74.1 cm³/mol. The fourth-order valence-electron chi connectivity index (χ4n) is 3.21. The molecular formula is C15H23N2O2+. The van der Waals surface area contributed by atoms with Gasteiger partial charge in [0.1, 0.15) is 25.0 Å². The van der Waals surface area contributed by atoms with Crippen LogP contribution < -0.4 is 4.74 Å². The Labute approximate surface area is 114 Å². The quantitative estimate of drug-likeness (QED) is 0.789. The highest BCUT2D eigenvalue weighted by molar-refractivity contribution is 5.20. The van der Waals surface area contributed by atoms with Gasteiger partial charge in [-0.25, -0.2) is 0 Å². The molecule has 104 valence electrons. The number of nitrogens with zero attached hydrogens (tertiary/aromatic N) is 2. The smallest absolute Gasteiger partial charge is 0.137 e. The zero-order valence-corrected chi connectivity index (χ0v) is 11.4. The average molecular weight is 263 g/mol. The van der Waals surface area contributed by atoms with Crippen LogP contribution in [0.4, 0.5) is 0 Å². The van der Waals surface area contributed by atoms with Crippen LogP contribution in [0.15, 0.2) is 30.3 Å². The summed E-state index contributed by atoms with van der Waals surface area (Å²) >= 11 is 0. The van der Waals surface area contributed by atoms with Gasteiger partial charge in [-0.15, -0.1) is 0 Å². The van der Waals surface area contributed by atoms with Gasteiger partial charge in [0.2, 0.25) is 0 Å². The molecule has 0 spiro atoms. The molecule has 0 amide bonds. The number of aliphatic hydroxyl groups is 1. The molecule has 1 unspecified atom stereocenters.